The number of nitrogens with two attached hydrogens (primary N) is 1. The summed E-state index contributed by atoms with van der Waals surface area (Å²) in [5.41, 5.74) is 3.02. The van der Waals surface area contributed by atoms with E-state index in [0.29, 0.717) is 23.8 Å². The van der Waals surface area contributed by atoms with E-state index in [-0.39, 0.29) is 16.6 Å². The topological polar surface area (TPSA) is 120 Å². The number of amides is 1. The van der Waals surface area contributed by atoms with Crippen LogP contribution in [0.3, 0.4) is 0 Å². The highest BCUT2D eigenvalue weighted by Gasteiger charge is 2.17. The highest BCUT2D eigenvalue weighted by atomic mass is 32.2. The average Bonchev–Trinajstić information content (AvgIpc) is 3.11. The summed E-state index contributed by atoms with van der Waals surface area (Å²) in [5, 5.41) is 17.2. The summed E-state index contributed by atoms with van der Waals surface area (Å²) in [5.74, 6) is 0.576. The van der Waals surface area contributed by atoms with Crippen LogP contribution in [0.1, 0.15) is 22.5 Å². The first-order valence-corrected chi connectivity index (χ1v) is 12.4. The zero-order valence-corrected chi connectivity index (χ0v) is 19.5. The molecule has 0 aliphatic heterocycles. The fourth-order valence-corrected chi connectivity index (χ4v) is 4.47. The minimum Gasteiger partial charge on any atom is -0.325 e. The van der Waals surface area contributed by atoms with Crippen molar-refractivity contribution in [2.45, 2.75) is 36.9 Å². The number of carbonyl (C=O) groups excluding carboxylic acids is 1. The van der Waals surface area contributed by atoms with Gasteiger partial charge in [-0.2, -0.15) is 0 Å². The molecule has 1 amide bonds. The van der Waals surface area contributed by atoms with Crippen LogP contribution in [0.2, 0.25) is 0 Å². The maximum Gasteiger partial charge on any atom is 0.238 e. The Hall–Kier alpha value is -2.95. The molecular weight excluding hydrogens is 446 g/mol. The molecule has 3 rings (SSSR count). The summed E-state index contributed by atoms with van der Waals surface area (Å²) in [6.45, 7) is 7.89. The van der Waals surface area contributed by atoms with Gasteiger partial charge in [-0.3, -0.25) is 4.79 Å². The second-order valence-corrected chi connectivity index (χ2v) is 9.76. The van der Waals surface area contributed by atoms with Gasteiger partial charge in [0.2, 0.25) is 15.9 Å². The summed E-state index contributed by atoms with van der Waals surface area (Å²) in [4.78, 5) is 12.5. The molecule has 0 spiro atoms. The molecule has 8 nitrogen and oxygen atoms in total. The molecule has 0 saturated carbocycles. The lowest BCUT2D eigenvalue weighted by molar-refractivity contribution is -0.113. The number of carbonyl (C=O) groups is 1. The number of aryl methyl sites for hydroxylation is 1. The first-order valence-electron chi connectivity index (χ1n) is 9.82. The van der Waals surface area contributed by atoms with Crippen molar-refractivity contribution in [1.29, 1.82) is 0 Å². The quantitative estimate of drug-likeness (QED) is 0.366. The van der Waals surface area contributed by atoms with E-state index >= 15 is 0 Å². The molecule has 1 aromatic heterocycles. The van der Waals surface area contributed by atoms with E-state index in [1.165, 1.54) is 23.9 Å². The highest BCUT2D eigenvalue weighted by molar-refractivity contribution is 7.99. The minimum absolute atomic E-state index is 0.0418. The van der Waals surface area contributed by atoms with Crippen molar-refractivity contribution in [1.82, 2.24) is 14.8 Å². The molecule has 10 heteroatoms. The minimum atomic E-state index is -3.88. The largest absolute Gasteiger partial charge is 0.325 e. The number of aromatic nitrogens is 3. The van der Waals surface area contributed by atoms with Crippen molar-refractivity contribution in [3.8, 4) is 0 Å². The number of sulfonamides is 1. The number of nitrogens with one attached hydrogen (secondary N) is 1. The third-order valence-corrected chi connectivity index (χ3v) is 6.75. The van der Waals surface area contributed by atoms with Crippen molar-refractivity contribution < 1.29 is 13.2 Å². The van der Waals surface area contributed by atoms with Crippen molar-refractivity contribution in [2.75, 3.05) is 11.1 Å². The van der Waals surface area contributed by atoms with Crippen LogP contribution in [-0.2, 0) is 27.8 Å². The van der Waals surface area contributed by atoms with Crippen LogP contribution in [0.4, 0.5) is 5.69 Å². The fourth-order valence-electron chi connectivity index (χ4n) is 3.08. The number of anilines is 1. The number of nitrogens with zero attached hydrogens (tertiary/aromatic N) is 3. The Morgan fingerprint density at radius 1 is 1.22 bits per heavy atom. The van der Waals surface area contributed by atoms with Crippen LogP contribution < -0.4 is 10.5 Å². The Bertz CT molecular complexity index is 1240. The Morgan fingerprint density at radius 2 is 1.94 bits per heavy atom. The molecule has 0 bridgehead atoms. The van der Waals surface area contributed by atoms with E-state index in [0.717, 1.165) is 22.5 Å². The second-order valence-electron chi connectivity index (χ2n) is 7.26. The monoisotopic (exact) mass is 471 g/mol. The maximum atomic E-state index is 12.6. The van der Waals surface area contributed by atoms with E-state index in [2.05, 4.69) is 22.1 Å². The molecule has 3 aromatic rings. The van der Waals surface area contributed by atoms with Gasteiger partial charge in [0.15, 0.2) is 5.16 Å². The van der Waals surface area contributed by atoms with E-state index in [1.807, 2.05) is 41.8 Å². The van der Waals surface area contributed by atoms with Gasteiger partial charge in [0.1, 0.15) is 5.82 Å². The summed E-state index contributed by atoms with van der Waals surface area (Å²) < 4.78 is 25.4. The molecule has 1 heterocycles. The van der Waals surface area contributed by atoms with Crippen molar-refractivity contribution >= 4 is 33.4 Å². The molecule has 3 N–H and O–H groups in total. The molecule has 0 saturated heterocycles. The van der Waals surface area contributed by atoms with Gasteiger partial charge in [0, 0.05) is 18.7 Å². The highest BCUT2D eigenvalue weighted by Crippen LogP contribution is 2.25. The molecule has 168 valence electrons. The molecule has 0 radical (unpaired) electrons. The molecule has 0 aliphatic carbocycles. The zero-order valence-electron chi connectivity index (χ0n) is 17.9. The smallest absolute Gasteiger partial charge is 0.238 e. The SMILES string of the molecule is C=CCn1c(Cc2ccccc2)nnc1SCC(=O)Nc1cc(S(N)(=O)=O)cc(C)c1C. The van der Waals surface area contributed by atoms with Crippen LogP contribution in [0.15, 0.2) is 65.2 Å². The van der Waals surface area contributed by atoms with Gasteiger partial charge in [-0.15, -0.1) is 16.8 Å². The van der Waals surface area contributed by atoms with Crippen LogP contribution in [0, 0.1) is 13.8 Å². The Morgan fingerprint density at radius 3 is 2.59 bits per heavy atom. The van der Waals surface area contributed by atoms with Gasteiger partial charge >= 0.3 is 0 Å². The van der Waals surface area contributed by atoms with E-state index in [1.54, 1.807) is 13.0 Å². The normalized spacial score (nSPS) is 11.3. The Balaban J connectivity index is 1.73. The molecule has 0 aliphatic rings. The van der Waals surface area contributed by atoms with Crippen LogP contribution >= 0.6 is 11.8 Å². The molecular formula is C22H25N5O3S2. The molecule has 0 fully saturated rings. The van der Waals surface area contributed by atoms with Crippen molar-refractivity contribution in [2.24, 2.45) is 5.14 Å². The summed E-state index contributed by atoms with van der Waals surface area (Å²) in [6, 6.07) is 12.8. The predicted octanol–water partition coefficient (Wildman–Crippen LogP) is 3.05. The molecule has 0 unspecified atom stereocenters. The third kappa shape index (κ3) is 5.84. The van der Waals surface area contributed by atoms with Crippen LogP contribution in [0.25, 0.3) is 0 Å². The van der Waals surface area contributed by atoms with Crippen molar-refractivity contribution in [3.05, 3.63) is 77.6 Å². The Labute approximate surface area is 192 Å². The van der Waals surface area contributed by atoms with E-state index < -0.39 is 10.0 Å². The zero-order chi connectivity index (χ0) is 23.3. The predicted molar refractivity (Wildman–Crippen MR) is 126 cm³/mol. The number of benzene rings is 2. The number of hydrogen-bond donors (Lipinski definition) is 2. The van der Waals surface area contributed by atoms with Gasteiger partial charge in [0.25, 0.3) is 0 Å². The van der Waals surface area contributed by atoms with Gasteiger partial charge in [-0.1, -0.05) is 48.2 Å². The van der Waals surface area contributed by atoms with Gasteiger partial charge in [-0.25, -0.2) is 13.6 Å². The lowest BCUT2D eigenvalue weighted by atomic mass is 10.1. The first-order chi connectivity index (χ1) is 15.2. The maximum absolute atomic E-state index is 12.6. The number of thioether (sulfide) groups is 1. The van der Waals surface area contributed by atoms with E-state index in [9.17, 15) is 13.2 Å². The summed E-state index contributed by atoms with van der Waals surface area (Å²) in [6.07, 6.45) is 2.38. The van der Waals surface area contributed by atoms with Crippen molar-refractivity contribution in [3.63, 3.8) is 0 Å². The van der Waals surface area contributed by atoms with Gasteiger partial charge in [0.05, 0.1) is 10.6 Å². The van der Waals surface area contributed by atoms with Gasteiger partial charge < -0.3 is 9.88 Å². The average molecular weight is 472 g/mol. The lowest BCUT2D eigenvalue weighted by Crippen LogP contribution is -2.18. The number of allylic oxidation sites excluding steroid dienone is 1. The summed E-state index contributed by atoms with van der Waals surface area (Å²) in [7, 11) is -3.88. The number of hydrogen-bond acceptors (Lipinski definition) is 6. The van der Waals surface area contributed by atoms with Gasteiger partial charge in [-0.05, 0) is 42.7 Å². The Kier molecular flexibility index (Phi) is 7.49. The standard InChI is InChI=1S/C22H25N5O3S2/c1-4-10-27-20(12-17-8-6-5-7-9-17)25-26-22(27)31-14-21(28)24-19-13-18(32(23,29)30)11-15(2)16(19)3/h4-9,11,13H,1,10,12,14H2,2-3H3,(H,24,28)(H2,23,29,30). The molecule has 2 aromatic carbocycles. The third-order valence-electron chi connectivity index (χ3n) is 4.89. The summed E-state index contributed by atoms with van der Waals surface area (Å²) >= 11 is 1.25. The lowest BCUT2D eigenvalue weighted by Gasteiger charge is -2.13. The van der Waals surface area contributed by atoms with Crippen LogP contribution in [-0.4, -0.2) is 34.8 Å². The number of rotatable bonds is 9. The molecule has 0 atom stereocenters. The fraction of sp³-hybridized carbons (Fsp3) is 0.227. The number of primary sulfonamides is 1. The first kappa shape index (κ1) is 23.7. The second kappa shape index (κ2) is 10.1. The molecule has 32 heavy (non-hydrogen) atoms. The van der Waals surface area contributed by atoms with E-state index in [4.69, 9.17) is 5.14 Å². The van der Waals surface area contributed by atoms with Crippen LogP contribution in [0.5, 0.6) is 0 Å².